The van der Waals surface area contributed by atoms with E-state index in [-0.39, 0.29) is 0 Å². The maximum atomic E-state index is 4.06. The predicted molar refractivity (Wildman–Crippen MR) is 80.2 cm³/mol. The van der Waals surface area contributed by atoms with E-state index < -0.39 is 0 Å². The number of aromatic nitrogens is 1. The first kappa shape index (κ1) is 13.6. The second kappa shape index (κ2) is 6.90. The first-order valence-electron chi connectivity index (χ1n) is 6.71. The lowest BCUT2D eigenvalue weighted by molar-refractivity contribution is 0.812. The van der Waals surface area contributed by atoms with E-state index in [1.54, 1.807) is 0 Å². The molecule has 0 fully saturated rings. The molecule has 19 heavy (non-hydrogen) atoms. The summed E-state index contributed by atoms with van der Waals surface area (Å²) < 4.78 is 0. The van der Waals surface area contributed by atoms with Crippen LogP contribution in [0.25, 0.3) is 0 Å². The zero-order valence-electron chi connectivity index (χ0n) is 11.6. The molecule has 0 amide bonds. The fourth-order valence-electron chi connectivity index (χ4n) is 2.12. The Labute approximate surface area is 115 Å². The molecular weight excluding hydrogens is 234 g/mol. The SMILES string of the molecule is CCN(Cc1ccncc1)c1ccc(CNC)cc1. The predicted octanol–water partition coefficient (Wildman–Crippen LogP) is 2.83. The van der Waals surface area contributed by atoms with E-state index in [2.05, 4.69) is 58.5 Å². The van der Waals surface area contributed by atoms with Gasteiger partial charge in [0.1, 0.15) is 0 Å². The third kappa shape index (κ3) is 3.80. The number of benzene rings is 1. The van der Waals surface area contributed by atoms with Crippen LogP contribution < -0.4 is 10.2 Å². The van der Waals surface area contributed by atoms with Crippen LogP contribution in [0.4, 0.5) is 5.69 Å². The number of rotatable bonds is 6. The van der Waals surface area contributed by atoms with Gasteiger partial charge in [0, 0.05) is 37.7 Å². The van der Waals surface area contributed by atoms with Crippen LogP contribution in [0, 0.1) is 0 Å². The first-order valence-corrected chi connectivity index (χ1v) is 6.71. The molecule has 0 atom stereocenters. The second-order valence-corrected chi connectivity index (χ2v) is 4.57. The van der Waals surface area contributed by atoms with Crippen molar-refractivity contribution in [3.63, 3.8) is 0 Å². The molecule has 0 spiro atoms. The molecule has 1 heterocycles. The topological polar surface area (TPSA) is 28.2 Å². The van der Waals surface area contributed by atoms with E-state index in [1.165, 1.54) is 16.8 Å². The molecule has 0 unspecified atom stereocenters. The number of pyridine rings is 1. The molecule has 0 aliphatic rings. The Kier molecular flexibility index (Phi) is 4.93. The van der Waals surface area contributed by atoms with Crippen LogP contribution in [0.2, 0.25) is 0 Å². The summed E-state index contributed by atoms with van der Waals surface area (Å²) in [6.45, 7) is 5.01. The van der Waals surface area contributed by atoms with Crippen molar-refractivity contribution in [1.29, 1.82) is 0 Å². The third-order valence-electron chi connectivity index (χ3n) is 3.19. The normalized spacial score (nSPS) is 10.4. The lowest BCUT2D eigenvalue weighted by atomic mass is 10.1. The largest absolute Gasteiger partial charge is 0.367 e. The molecule has 1 N–H and O–H groups in total. The van der Waals surface area contributed by atoms with Gasteiger partial charge < -0.3 is 10.2 Å². The van der Waals surface area contributed by atoms with Crippen molar-refractivity contribution >= 4 is 5.69 Å². The van der Waals surface area contributed by atoms with Gasteiger partial charge in [-0.25, -0.2) is 0 Å². The van der Waals surface area contributed by atoms with Gasteiger partial charge in [-0.05, 0) is 49.4 Å². The van der Waals surface area contributed by atoms with Crippen LogP contribution in [-0.4, -0.2) is 18.6 Å². The molecule has 0 aliphatic heterocycles. The zero-order valence-corrected chi connectivity index (χ0v) is 11.6. The molecule has 0 saturated heterocycles. The van der Waals surface area contributed by atoms with Crippen LogP contribution in [0.5, 0.6) is 0 Å². The Morgan fingerprint density at radius 1 is 1.00 bits per heavy atom. The van der Waals surface area contributed by atoms with Gasteiger partial charge in [0.05, 0.1) is 0 Å². The Morgan fingerprint density at radius 2 is 1.68 bits per heavy atom. The van der Waals surface area contributed by atoms with Gasteiger partial charge >= 0.3 is 0 Å². The minimum absolute atomic E-state index is 0.913. The van der Waals surface area contributed by atoms with Crippen LogP contribution in [0.1, 0.15) is 18.1 Å². The summed E-state index contributed by atoms with van der Waals surface area (Å²) in [7, 11) is 1.97. The zero-order chi connectivity index (χ0) is 13.5. The molecule has 2 rings (SSSR count). The van der Waals surface area contributed by atoms with Crippen LogP contribution in [0.3, 0.4) is 0 Å². The molecule has 3 nitrogen and oxygen atoms in total. The molecule has 0 bridgehead atoms. The minimum atomic E-state index is 0.913. The van der Waals surface area contributed by atoms with E-state index in [4.69, 9.17) is 0 Å². The maximum absolute atomic E-state index is 4.06. The highest BCUT2D eigenvalue weighted by atomic mass is 15.1. The molecule has 0 aliphatic carbocycles. The van der Waals surface area contributed by atoms with E-state index in [1.807, 2.05) is 19.4 Å². The first-order chi connectivity index (χ1) is 9.33. The number of anilines is 1. The summed E-state index contributed by atoms with van der Waals surface area (Å²) in [6, 6.07) is 12.9. The molecule has 0 saturated carbocycles. The molecule has 0 radical (unpaired) electrons. The highest BCUT2D eigenvalue weighted by Crippen LogP contribution is 2.17. The summed E-state index contributed by atoms with van der Waals surface area (Å²) in [5.74, 6) is 0. The van der Waals surface area contributed by atoms with Crippen LogP contribution in [-0.2, 0) is 13.1 Å². The molecule has 100 valence electrons. The molecule has 1 aromatic heterocycles. The van der Waals surface area contributed by atoms with Crippen molar-refractivity contribution in [2.45, 2.75) is 20.0 Å². The van der Waals surface area contributed by atoms with Gasteiger partial charge in [-0.15, -0.1) is 0 Å². The smallest absolute Gasteiger partial charge is 0.0430 e. The van der Waals surface area contributed by atoms with E-state index in [0.717, 1.165) is 19.6 Å². The number of hydrogen-bond acceptors (Lipinski definition) is 3. The molecule has 2 aromatic rings. The Morgan fingerprint density at radius 3 is 2.26 bits per heavy atom. The maximum Gasteiger partial charge on any atom is 0.0430 e. The minimum Gasteiger partial charge on any atom is -0.367 e. The lowest BCUT2D eigenvalue weighted by Gasteiger charge is -2.23. The van der Waals surface area contributed by atoms with Gasteiger partial charge in [0.15, 0.2) is 0 Å². The fourth-order valence-corrected chi connectivity index (χ4v) is 2.12. The monoisotopic (exact) mass is 255 g/mol. The summed E-state index contributed by atoms with van der Waals surface area (Å²) in [5.41, 5.74) is 3.86. The van der Waals surface area contributed by atoms with Crippen LogP contribution in [0.15, 0.2) is 48.8 Å². The van der Waals surface area contributed by atoms with Crippen molar-refractivity contribution in [1.82, 2.24) is 10.3 Å². The van der Waals surface area contributed by atoms with E-state index >= 15 is 0 Å². The number of hydrogen-bond donors (Lipinski definition) is 1. The quantitative estimate of drug-likeness (QED) is 0.860. The standard InChI is InChI=1S/C16H21N3/c1-3-19(13-15-8-10-18-11-9-15)16-6-4-14(5-7-16)12-17-2/h4-11,17H,3,12-13H2,1-2H3. The van der Waals surface area contributed by atoms with Crippen molar-refractivity contribution in [2.75, 3.05) is 18.5 Å². The Balaban J connectivity index is 2.08. The lowest BCUT2D eigenvalue weighted by Crippen LogP contribution is -2.22. The van der Waals surface area contributed by atoms with Crippen molar-refractivity contribution in [3.05, 3.63) is 59.9 Å². The molecule has 1 aromatic carbocycles. The average molecular weight is 255 g/mol. The van der Waals surface area contributed by atoms with Gasteiger partial charge in [-0.1, -0.05) is 12.1 Å². The second-order valence-electron chi connectivity index (χ2n) is 4.57. The summed E-state index contributed by atoms with van der Waals surface area (Å²) in [4.78, 5) is 6.42. The average Bonchev–Trinajstić information content (AvgIpc) is 2.47. The van der Waals surface area contributed by atoms with Gasteiger partial charge in [0.25, 0.3) is 0 Å². The van der Waals surface area contributed by atoms with Crippen molar-refractivity contribution < 1.29 is 0 Å². The highest BCUT2D eigenvalue weighted by molar-refractivity contribution is 5.48. The van der Waals surface area contributed by atoms with Gasteiger partial charge in [0.2, 0.25) is 0 Å². The van der Waals surface area contributed by atoms with Crippen molar-refractivity contribution in [2.24, 2.45) is 0 Å². The van der Waals surface area contributed by atoms with Gasteiger partial charge in [-0.3, -0.25) is 4.98 Å². The van der Waals surface area contributed by atoms with Crippen LogP contribution >= 0.6 is 0 Å². The number of nitrogens with zero attached hydrogens (tertiary/aromatic N) is 2. The molecular formula is C16H21N3. The number of nitrogens with one attached hydrogen (secondary N) is 1. The summed E-state index contributed by atoms with van der Waals surface area (Å²) in [6.07, 6.45) is 3.69. The van der Waals surface area contributed by atoms with Gasteiger partial charge in [-0.2, -0.15) is 0 Å². The summed E-state index contributed by atoms with van der Waals surface area (Å²) >= 11 is 0. The Hall–Kier alpha value is -1.87. The third-order valence-corrected chi connectivity index (χ3v) is 3.19. The fraction of sp³-hybridized carbons (Fsp3) is 0.312. The van der Waals surface area contributed by atoms with Crippen molar-refractivity contribution in [3.8, 4) is 0 Å². The molecule has 3 heteroatoms. The summed E-state index contributed by atoms with van der Waals surface area (Å²) in [5, 5.41) is 3.17. The van der Waals surface area contributed by atoms with E-state index in [9.17, 15) is 0 Å². The Bertz CT molecular complexity index is 479. The highest BCUT2D eigenvalue weighted by Gasteiger charge is 2.05. The van der Waals surface area contributed by atoms with E-state index in [0.29, 0.717) is 0 Å².